The lowest BCUT2D eigenvalue weighted by atomic mass is 10.1. The summed E-state index contributed by atoms with van der Waals surface area (Å²) in [7, 11) is 0. The van der Waals surface area contributed by atoms with E-state index in [0.29, 0.717) is 17.6 Å². The van der Waals surface area contributed by atoms with E-state index in [-0.39, 0.29) is 12.1 Å². The van der Waals surface area contributed by atoms with Crippen LogP contribution in [0, 0.1) is 11.3 Å². The molecule has 1 aromatic carbocycles. The number of anilines is 1. The molecular weight excluding hydrogens is 302 g/mol. The molecule has 1 aromatic heterocycles. The average molecular weight is 321 g/mol. The van der Waals surface area contributed by atoms with Crippen LogP contribution in [0.1, 0.15) is 23.8 Å². The summed E-state index contributed by atoms with van der Waals surface area (Å²) < 4.78 is 6.07. The van der Waals surface area contributed by atoms with Gasteiger partial charge < -0.3 is 10.1 Å². The summed E-state index contributed by atoms with van der Waals surface area (Å²) in [6, 6.07) is 13.1. The SMILES string of the molecule is N#Cc1nccnc1N[C@H]1C[C@H]2CO[C@@H](c3ccccc3)CN2C1. The fraction of sp³-hybridized carbons (Fsp3) is 0.389. The third kappa shape index (κ3) is 2.96. The van der Waals surface area contributed by atoms with Crippen LogP contribution in [0.25, 0.3) is 0 Å². The highest BCUT2D eigenvalue weighted by Gasteiger charge is 2.38. The lowest BCUT2D eigenvalue weighted by Crippen LogP contribution is -2.42. The Labute approximate surface area is 141 Å². The van der Waals surface area contributed by atoms with Gasteiger partial charge in [-0.25, -0.2) is 9.97 Å². The molecule has 0 bridgehead atoms. The first-order chi connectivity index (χ1) is 11.8. The predicted octanol–water partition coefficient (Wildman–Crippen LogP) is 1.97. The molecule has 6 heteroatoms. The quantitative estimate of drug-likeness (QED) is 0.932. The normalized spacial score (nSPS) is 26.5. The van der Waals surface area contributed by atoms with Gasteiger partial charge in [0, 0.05) is 37.6 Å². The zero-order chi connectivity index (χ0) is 16.4. The number of hydrogen-bond acceptors (Lipinski definition) is 6. The molecule has 0 unspecified atom stereocenters. The van der Waals surface area contributed by atoms with Gasteiger partial charge in [0.25, 0.3) is 0 Å². The van der Waals surface area contributed by atoms with Crippen molar-refractivity contribution in [2.24, 2.45) is 0 Å². The monoisotopic (exact) mass is 321 g/mol. The molecule has 2 aliphatic rings. The Morgan fingerprint density at radius 2 is 2.00 bits per heavy atom. The largest absolute Gasteiger partial charge is 0.371 e. The van der Waals surface area contributed by atoms with Crippen molar-refractivity contribution >= 4 is 5.82 Å². The highest BCUT2D eigenvalue weighted by Crippen LogP contribution is 2.31. The zero-order valence-electron chi connectivity index (χ0n) is 13.3. The summed E-state index contributed by atoms with van der Waals surface area (Å²) in [4.78, 5) is 10.8. The van der Waals surface area contributed by atoms with Gasteiger partial charge in [-0.1, -0.05) is 30.3 Å². The van der Waals surface area contributed by atoms with Crippen molar-refractivity contribution in [3.8, 4) is 6.07 Å². The number of aromatic nitrogens is 2. The van der Waals surface area contributed by atoms with Crippen LogP contribution in [0.4, 0.5) is 5.82 Å². The van der Waals surface area contributed by atoms with E-state index in [1.165, 1.54) is 5.56 Å². The smallest absolute Gasteiger partial charge is 0.182 e. The number of rotatable bonds is 3. The predicted molar refractivity (Wildman–Crippen MR) is 89.3 cm³/mol. The number of nitrogens with zero attached hydrogens (tertiary/aromatic N) is 4. The van der Waals surface area contributed by atoms with Gasteiger partial charge in [-0.2, -0.15) is 5.26 Å². The first kappa shape index (κ1) is 15.1. The zero-order valence-corrected chi connectivity index (χ0v) is 13.3. The van der Waals surface area contributed by atoms with Crippen molar-refractivity contribution < 1.29 is 4.74 Å². The van der Waals surface area contributed by atoms with Crippen LogP contribution in [-0.2, 0) is 4.74 Å². The van der Waals surface area contributed by atoms with Crippen molar-refractivity contribution in [2.75, 3.05) is 25.0 Å². The van der Waals surface area contributed by atoms with Crippen LogP contribution in [0.5, 0.6) is 0 Å². The number of hydrogen-bond donors (Lipinski definition) is 1. The maximum Gasteiger partial charge on any atom is 0.182 e. The molecule has 122 valence electrons. The average Bonchev–Trinajstić information content (AvgIpc) is 3.04. The Morgan fingerprint density at radius 1 is 1.17 bits per heavy atom. The maximum absolute atomic E-state index is 9.14. The minimum Gasteiger partial charge on any atom is -0.371 e. The third-order valence-electron chi connectivity index (χ3n) is 4.73. The topological polar surface area (TPSA) is 74.1 Å². The van der Waals surface area contributed by atoms with E-state index in [2.05, 4.69) is 50.5 Å². The van der Waals surface area contributed by atoms with Gasteiger partial charge in [-0.05, 0) is 12.0 Å². The van der Waals surface area contributed by atoms with E-state index in [9.17, 15) is 0 Å². The Morgan fingerprint density at radius 3 is 2.83 bits per heavy atom. The Balaban J connectivity index is 1.42. The first-order valence-electron chi connectivity index (χ1n) is 8.21. The second-order valence-electron chi connectivity index (χ2n) is 6.28. The van der Waals surface area contributed by atoms with Crippen LogP contribution in [0.15, 0.2) is 42.7 Å². The Kier molecular flexibility index (Phi) is 4.11. The minimum atomic E-state index is 0.132. The van der Waals surface area contributed by atoms with Crippen LogP contribution in [-0.4, -0.2) is 46.6 Å². The maximum atomic E-state index is 9.14. The molecule has 1 N–H and O–H groups in total. The Bertz CT molecular complexity index is 745. The summed E-state index contributed by atoms with van der Waals surface area (Å²) in [5.41, 5.74) is 1.58. The molecular formula is C18H19N5O. The van der Waals surface area contributed by atoms with Crippen LogP contribution in [0.3, 0.4) is 0 Å². The molecule has 3 atom stereocenters. The number of ether oxygens (including phenoxy) is 1. The van der Waals surface area contributed by atoms with Gasteiger partial charge >= 0.3 is 0 Å². The minimum absolute atomic E-state index is 0.132. The van der Waals surface area contributed by atoms with E-state index in [4.69, 9.17) is 10.00 Å². The number of morpholine rings is 1. The van der Waals surface area contributed by atoms with Crippen LogP contribution < -0.4 is 5.32 Å². The number of benzene rings is 1. The molecule has 0 spiro atoms. The van der Waals surface area contributed by atoms with E-state index in [0.717, 1.165) is 26.1 Å². The van der Waals surface area contributed by atoms with Gasteiger partial charge in [-0.3, -0.25) is 4.90 Å². The molecule has 0 amide bonds. The van der Waals surface area contributed by atoms with Gasteiger partial charge in [-0.15, -0.1) is 0 Å². The fourth-order valence-corrected chi connectivity index (χ4v) is 3.57. The van der Waals surface area contributed by atoms with Crippen molar-refractivity contribution in [1.82, 2.24) is 14.9 Å². The molecule has 2 fully saturated rings. The molecule has 6 nitrogen and oxygen atoms in total. The highest BCUT2D eigenvalue weighted by molar-refractivity contribution is 5.47. The lowest BCUT2D eigenvalue weighted by Gasteiger charge is -2.35. The summed E-state index contributed by atoms with van der Waals surface area (Å²) in [6.45, 7) is 2.57. The lowest BCUT2D eigenvalue weighted by molar-refractivity contribution is -0.0501. The number of nitriles is 1. The molecule has 2 aliphatic heterocycles. The molecule has 0 aliphatic carbocycles. The standard InChI is InChI=1S/C18H19N5O/c19-9-16-18(21-7-6-20-16)22-14-8-15-12-24-17(11-23(15)10-14)13-4-2-1-3-5-13/h1-7,14-15,17H,8,10-12H2,(H,21,22)/t14-,15-,17+/m0/s1. The summed E-state index contributed by atoms with van der Waals surface area (Å²) in [6.07, 6.45) is 4.27. The van der Waals surface area contributed by atoms with Gasteiger partial charge in [0.1, 0.15) is 6.07 Å². The van der Waals surface area contributed by atoms with Crippen molar-refractivity contribution in [3.63, 3.8) is 0 Å². The fourth-order valence-electron chi connectivity index (χ4n) is 3.57. The van der Waals surface area contributed by atoms with E-state index in [1.807, 2.05) is 6.07 Å². The molecule has 24 heavy (non-hydrogen) atoms. The van der Waals surface area contributed by atoms with Crippen LogP contribution >= 0.6 is 0 Å². The van der Waals surface area contributed by atoms with E-state index >= 15 is 0 Å². The first-order valence-corrected chi connectivity index (χ1v) is 8.21. The molecule has 3 heterocycles. The van der Waals surface area contributed by atoms with Crippen molar-refractivity contribution in [1.29, 1.82) is 5.26 Å². The van der Waals surface area contributed by atoms with E-state index < -0.39 is 0 Å². The highest BCUT2D eigenvalue weighted by atomic mass is 16.5. The molecule has 0 radical (unpaired) electrons. The molecule has 2 aromatic rings. The second kappa shape index (κ2) is 6.56. The third-order valence-corrected chi connectivity index (χ3v) is 4.73. The molecule has 4 rings (SSSR count). The molecule has 2 saturated heterocycles. The van der Waals surface area contributed by atoms with Gasteiger partial charge in [0.15, 0.2) is 11.5 Å². The van der Waals surface area contributed by atoms with E-state index in [1.54, 1.807) is 12.4 Å². The van der Waals surface area contributed by atoms with Crippen molar-refractivity contribution in [2.45, 2.75) is 24.6 Å². The van der Waals surface area contributed by atoms with Gasteiger partial charge in [0.05, 0.1) is 12.7 Å². The summed E-state index contributed by atoms with van der Waals surface area (Å²) in [5.74, 6) is 0.574. The Hall–Kier alpha value is -2.49. The second-order valence-corrected chi connectivity index (χ2v) is 6.28. The van der Waals surface area contributed by atoms with Crippen LogP contribution in [0.2, 0.25) is 0 Å². The van der Waals surface area contributed by atoms with Crippen molar-refractivity contribution in [3.05, 3.63) is 54.0 Å². The van der Waals surface area contributed by atoms with Gasteiger partial charge in [0.2, 0.25) is 0 Å². The summed E-state index contributed by atoms with van der Waals surface area (Å²) in [5, 5.41) is 12.5. The summed E-state index contributed by atoms with van der Waals surface area (Å²) >= 11 is 0. The number of nitrogens with one attached hydrogen (secondary N) is 1. The number of fused-ring (bicyclic) bond motifs is 1. The molecule has 0 saturated carbocycles.